The number of amides is 1. The molecule has 0 fully saturated rings. The molecular weight excluding hydrogens is 299 g/mol. The van der Waals surface area contributed by atoms with Gasteiger partial charge in [0.25, 0.3) is 0 Å². The quantitative estimate of drug-likeness (QED) is 0.858. The third-order valence-corrected chi connectivity index (χ3v) is 2.64. The van der Waals surface area contributed by atoms with E-state index in [4.69, 9.17) is 4.74 Å². The van der Waals surface area contributed by atoms with Crippen LogP contribution >= 0.6 is 0 Å². The number of ether oxygens (including phenoxy) is 1. The Hall–Kier alpha value is -2.05. The van der Waals surface area contributed by atoms with E-state index < -0.39 is 29.5 Å². The predicted octanol–water partition coefficient (Wildman–Crippen LogP) is 3.86. The zero-order chi connectivity index (χ0) is 17.0. The number of rotatable bonds is 4. The SMILES string of the molecule is CC(C)(C)OC(=O)N[C@@H](CC=O)c1cccc(C(F)(F)F)c1. The third-order valence-electron chi connectivity index (χ3n) is 2.64. The second kappa shape index (κ2) is 6.81. The lowest BCUT2D eigenvalue weighted by Gasteiger charge is -2.23. The summed E-state index contributed by atoms with van der Waals surface area (Å²) in [6, 6.07) is 3.60. The summed E-state index contributed by atoms with van der Waals surface area (Å²) >= 11 is 0. The molecule has 0 saturated heterocycles. The predicted molar refractivity (Wildman–Crippen MR) is 74.2 cm³/mol. The normalized spacial score (nSPS) is 13.4. The minimum absolute atomic E-state index is 0.152. The maximum Gasteiger partial charge on any atom is 0.416 e. The third kappa shape index (κ3) is 5.75. The van der Waals surface area contributed by atoms with Crippen LogP contribution < -0.4 is 5.32 Å². The number of hydrogen-bond donors (Lipinski definition) is 1. The Labute approximate surface area is 126 Å². The molecule has 0 saturated carbocycles. The van der Waals surface area contributed by atoms with Gasteiger partial charge in [0, 0.05) is 6.42 Å². The van der Waals surface area contributed by atoms with Gasteiger partial charge in [-0.05, 0) is 38.5 Å². The van der Waals surface area contributed by atoms with Gasteiger partial charge in [0.15, 0.2) is 0 Å². The Kier molecular flexibility index (Phi) is 5.57. The van der Waals surface area contributed by atoms with Crippen LogP contribution in [-0.4, -0.2) is 18.0 Å². The molecule has 1 aromatic carbocycles. The summed E-state index contributed by atoms with van der Waals surface area (Å²) in [5, 5.41) is 2.41. The van der Waals surface area contributed by atoms with Crippen LogP contribution in [0.2, 0.25) is 0 Å². The largest absolute Gasteiger partial charge is 0.444 e. The average molecular weight is 317 g/mol. The number of carbonyl (C=O) groups excluding carboxylic acids is 2. The van der Waals surface area contributed by atoms with Gasteiger partial charge in [-0.3, -0.25) is 0 Å². The molecule has 1 N–H and O–H groups in total. The van der Waals surface area contributed by atoms with E-state index >= 15 is 0 Å². The van der Waals surface area contributed by atoms with Crippen molar-refractivity contribution >= 4 is 12.4 Å². The molecule has 122 valence electrons. The molecule has 4 nitrogen and oxygen atoms in total. The molecule has 0 aromatic heterocycles. The molecule has 0 aliphatic rings. The number of carbonyl (C=O) groups is 2. The Morgan fingerprint density at radius 3 is 2.45 bits per heavy atom. The van der Waals surface area contributed by atoms with Crippen LogP contribution in [-0.2, 0) is 15.7 Å². The van der Waals surface area contributed by atoms with Crippen LogP contribution in [0, 0.1) is 0 Å². The van der Waals surface area contributed by atoms with Gasteiger partial charge in [0.1, 0.15) is 11.9 Å². The first-order valence-electron chi connectivity index (χ1n) is 6.63. The molecule has 0 bridgehead atoms. The molecule has 1 rings (SSSR count). The number of hydrogen-bond acceptors (Lipinski definition) is 3. The fourth-order valence-electron chi connectivity index (χ4n) is 1.76. The van der Waals surface area contributed by atoms with Crippen molar-refractivity contribution in [3.8, 4) is 0 Å². The molecule has 0 radical (unpaired) electrons. The number of alkyl halides is 3. The molecule has 0 spiro atoms. The van der Waals surface area contributed by atoms with E-state index in [1.54, 1.807) is 20.8 Å². The van der Waals surface area contributed by atoms with Crippen molar-refractivity contribution in [3.05, 3.63) is 35.4 Å². The van der Waals surface area contributed by atoms with E-state index in [9.17, 15) is 22.8 Å². The molecule has 0 heterocycles. The zero-order valence-corrected chi connectivity index (χ0v) is 12.5. The highest BCUT2D eigenvalue weighted by Crippen LogP contribution is 2.31. The summed E-state index contributed by atoms with van der Waals surface area (Å²) in [4.78, 5) is 22.5. The van der Waals surface area contributed by atoms with E-state index in [1.807, 2.05) is 0 Å². The van der Waals surface area contributed by atoms with Crippen LogP contribution in [0.3, 0.4) is 0 Å². The zero-order valence-electron chi connectivity index (χ0n) is 12.5. The molecule has 22 heavy (non-hydrogen) atoms. The monoisotopic (exact) mass is 317 g/mol. The summed E-state index contributed by atoms with van der Waals surface area (Å²) in [6.07, 6.45) is -4.91. The lowest BCUT2D eigenvalue weighted by molar-refractivity contribution is -0.137. The van der Waals surface area contributed by atoms with E-state index in [0.29, 0.717) is 6.29 Å². The number of aldehydes is 1. The molecule has 0 aliphatic heterocycles. The number of benzene rings is 1. The van der Waals surface area contributed by atoms with Crippen molar-refractivity contribution in [1.82, 2.24) is 5.32 Å². The van der Waals surface area contributed by atoms with Gasteiger partial charge < -0.3 is 14.8 Å². The van der Waals surface area contributed by atoms with Crippen LogP contribution in [0.15, 0.2) is 24.3 Å². The van der Waals surface area contributed by atoms with Gasteiger partial charge >= 0.3 is 12.3 Å². The molecule has 7 heteroatoms. The van der Waals surface area contributed by atoms with Gasteiger partial charge in [-0.25, -0.2) is 4.79 Å². The van der Waals surface area contributed by atoms with Crippen LogP contribution in [0.4, 0.5) is 18.0 Å². The van der Waals surface area contributed by atoms with Crippen molar-refractivity contribution in [2.75, 3.05) is 0 Å². The van der Waals surface area contributed by atoms with E-state index in [-0.39, 0.29) is 12.0 Å². The summed E-state index contributed by atoms with van der Waals surface area (Å²) < 4.78 is 43.2. The van der Waals surface area contributed by atoms with Crippen LogP contribution in [0.25, 0.3) is 0 Å². The standard InChI is InChI=1S/C15H18F3NO3/c1-14(2,3)22-13(21)19-12(7-8-20)10-5-4-6-11(9-10)15(16,17)18/h4-6,8-9,12H,7H2,1-3H3,(H,19,21)/t12-/m0/s1. The second-order valence-electron chi connectivity index (χ2n) is 5.72. The van der Waals surface area contributed by atoms with Gasteiger partial charge in [0.05, 0.1) is 11.6 Å². The van der Waals surface area contributed by atoms with Crippen molar-refractivity contribution in [2.45, 2.75) is 45.0 Å². The fourth-order valence-corrected chi connectivity index (χ4v) is 1.76. The first kappa shape index (κ1) is 18.0. The number of alkyl carbamates (subject to hydrolysis) is 1. The van der Waals surface area contributed by atoms with Gasteiger partial charge in [-0.15, -0.1) is 0 Å². The molecule has 0 aliphatic carbocycles. The minimum Gasteiger partial charge on any atom is -0.444 e. The average Bonchev–Trinajstić information content (AvgIpc) is 2.35. The van der Waals surface area contributed by atoms with Gasteiger partial charge in [-0.1, -0.05) is 12.1 Å². The lowest BCUT2D eigenvalue weighted by Crippen LogP contribution is -2.35. The summed E-state index contributed by atoms with van der Waals surface area (Å²) in [7, 11) is 0. The molecule has 1 aromatic rings. The highest BCUT2D eigenvalue weighted by atomic mass is 19.4. The van der Waals surface area contributed by atoms with E-state index in [2.05, 4.69) is 5.32 Å². The van der Waals surface area contributed by atoms with Crippen molar-refractivity contribution < 1.29 is 27.5 Å². The van der Waals surface area contributed by atoms with Crippen LogP contribution in [0.1, 0.15) is 44.4 Å². The Morgan fingerprint density at radius 2 is 1.95 bits per heavy atom. The molecular formula is C15H18F3NO3. The Balaban J connectivity index is 2.96. The van der Waals surface area contributed by atoms with Crippen molar-refractivity contribution in [3.63, 3.8) is 0 Å². The number of halogens is 3. The highest BCUT2D eigenvalue weighted by molar-refractivity contribution is 5.69. The van der Waals surface area contributed by atoms with Crippen LogP contribution in [0.5, 0.6) is 0 Å². The van der Waals surface area contributed by atoms with Gasteiger partial charge in [0.2, 0.25) is 0 Å². The highest BCUT2D eigenvalue weighted by Gasteiger charge is 2.31. The van der Waals surface area contributed by atoms with E-state index in [1.165, 1.54) is 12.1 Å². The fraction of sp³-hybridized carbons (Fsp3) is 0.467. The summed E-state index contributed by atoms with van der Waals surface area (Å²) in [5.41, 5.74) is -1.40. The maximum atomic E-state index is 12.7. The topological polar surface area (TPSA) is 55.4 Å². The van der Waals surface area contributed by atoms with Gasteiger partial charge in [-0.2, -0.15) is 13.2 Å². The Morgan fingerprint density at radius 1 is 1.32 bits per heavy atom. The molecule has 1 atom stereocenters. The summed E-state index contributed by atoms with van der Waals surface area (Å²) in [6.45, 7) is 4.97. The molecule has 0 unspecified atom stereocenters. The smallest absolute Gasteiger partial charge is 0.416 e. The maximum absolute atomic E-state index is 12.7. The van der Waals surface area contributed by atoms with Crippen molar-refractivity contribution in [2.24, 2.45) is 0 Å². The first-order chi connectivity index (χ1) is 10.0. The van der Waals surface area contributed by atoms with E-state index in [0.717, 1.165) is 12.1 Å². The number of nitrogens with one attached hydrogen (secondary N) is 1. The first-order valence-corrected chi connectivity index (χ1v) is 6.63. The van der Waals surface area contributed by atoms with Crippen molar-refractivity contribution in [1.29, 1.82) is 0 Å². The lowest BCUT2D eigenvalue weighted by atomic mass is 10.0. The summed E-state index contributed by atoms with van der Waals surface area (Å²) in [5.74, 6) is 0. The minimum atomic E-state index is -4.49. The second-order valence-corrected chi connectivity index (χ2v) is 5.72. The Bertz CT molecular complexity index is 536. The molecule has 1 amide bonds.